The fourth-order valence-corrected chi connectivity index (χ4v) is 12.3. The van der Waals surface area contributed by atoms with Gasteiger partial charge in [0, 0.05) is 17.3 Å². The first-order valence-corrected chi connectivity index (χ1v) is 15.5. The normalized spacial score (nSPS) is 25.2. The van der Waals surface area contributed by atoms with Crippen LogP contribution in [0.25, 0.3) is 0 Å². The van der Waals surface area contributed by atoms with Gasteiger partial charge >= 0.3 is 88.6 Å². The van der Waals surface area contributed by atoms with Crippen molar-refractivity contribution >= 4 is 41.3 Å². The molecule has 2 saturated heterocycles. The molecule has 2 fully saturated rings. The number of allylic oxidation sites excluding steroid dienone is 2. The SMILES string of the molecule is C/C=C/CS1(F)CCCC1.C/C=C/CS1([O][Sb](=[O])=[O])CCCC1. The van der Waals surface area contributed by atoms with Crippen LogP contribution in [-0.2, 0) is 8.50 Å². The third-order valence-corrected chi connectivity index (χ3v) is 13.9. The molecule has 3 nitrogen and oxygen atoms in total. The fraction of sp³-hybridized carbons (Fsp3) is 0.750. The summed E-state index contributed by atoms with van der Waals surface area (Å²) in [5, 5.41) is 0. The summed E-state index contributed by atoms with van der Waals surface area (Å²) in [6, 6.07) is 0. The molecule has 2 rings (SSSR count). The second-order valence-electron chi connectivity index (χ2n) is 5.91. The van der Waals surface area contributed by atoms with Crippen molar-refractivity contribution in [1.29, 1.82) is 0 Å². The first kappa shape index (κ1) is 21.5. The number of halogens is 1. The topological polar surface area (TPSA) is 43.4 Å². The molecule has 0 aromatic rings. The zero-order valence-corrected chi connectivity index (χ0v) is 18.4. The third kappa shape index (κ3) is 8.42. The van der Waals surface area contributed by atoms with Crippen LogP contribution in [-0.4, -0.2) is 55.1 Å². The van der Waals surface area contributed by atoms with E-state index in [9.17, 15) is 9.92 Å². The predicted octanol–water partition coefficient (Wildman–Crippen LogP) is 4.98. The molecule has 0 unspecified atom stereocenters. The van der Waals surface area contributed by atoms with E-state index in [-0.39, 0.29) is 0 Å². The molecule has 23 heavy (non-hydrogen) atoms. The van der Waals surface area contributed by atoms with Gasteiger partial charge in [0.1, 0.15) is 0 Å². The quantitative estimate of drug-likeness (QED) is 0.402. The van der Waals surface area contributed by atoms with Gasteiger partial charge in [0.05, 0.1) is 0 Å². The second kappa shape index (κ2) is 11.2. The molecule has 0 aromatic carbocycles. The van der Waals surface area contributed by atoms with Crippen molar-refractivity contribution in [1.82, 2.24) is 0 Å². The predicted molar refractivity (Wildman–Crippen MR) is 102 cm³/mol. The molecule has 0 saturated carbocycles. The molecular weight excluding hydrogens is 445 g/mol. The Bertz CT molecular complexity index is 458. The van der Waals surface area contributed by atoms with Gasteiger partial charge in [-0.05, 0) is 19.8 Å². The minimum atomic E-state index is -3.72. The Kier molecular flexibility index (Phi) is 10.5. The van der Waals surface area contributed by atoms with Crippen molar-refractivity contribution in [3.63, 3.8) is 0 Å². The summed E-state index contributed by atoms with van der Waals surface area (Å²) in [7, 11) is -2.91. The van der Waals surface area contributed by atoms with Crippen molar-refractivity contribution in [3.8, 4) is 0 Å². The van der Waals surface area contributed by atoms with Gasteiger partial charge in [-0.1, -0.05) is 22.6 Å². The molecule has 0 radical (unpaired) electrons. The van der Waals surface area contributed by atoms with Crippen LogP contribution in [0.3, 0.4) is 0 Å². The first-order valence-electron chi connectivity index (χ1n) is 8.24. The van der Waals surface area contributed by atoms with Crippen LogP contribution in [0.5, 0.6) is 0 Å². The Morgan fingerprint density at radius 2 is 1.39 bits per heavy atom. The summed E-state index contributed by atoms with van der Waals surface area (Å²) >= 11 is -3.72. The molecule has 2 aliphatic rings. The van der Waals surface area contributed by atoms with E-state index in [1.165, 1.54) is 0 Å². The van der Waals surface area contributed by atoms with Gasteiger partial charge in [-0.2, -0.15) is 3.89 Å². The van der Waals surface area contributed by atoms with Crippen LogP contribution < -0.4 is 0 Å². The molecular formula is C16H30FO3S2Sb. The van der Waals surface area contributed by atoms with Crippen LogP contribution in [0.1, 0.15) is 39.5 Å². The molecule has 0 atom stereocenters. The van der Waals surface area contributed by atoms with Gasteiger partial charge in [0.15, 0.2) is 0 Å². The van der Waals surface area contributed by atoms with Crippen molar-refractivity contribution in [2.45, 2.75) is 39.5 Å². The van der Waals surface area contributed by atoms with Gasteiger partial charge in [-0.3, -0.25) is 0 Å². The van der Waals surface area contributed by atoms with Crippen LogP contribution >= 0.6 is 20.7 Å². The summed E-state index contributed by atoms with van der Waals surface area (Å²) in [4.78, 5) is 0. The van der Waals surface area contributed by atoms with E-state index in [4.69, 9.17) is 2.46 Å². The van der Waals surface area contributed by atoms with Gasteiger partial charge in [-0.25, -0.2) is 0 Å². The van der Waals surface area contributed by atoms with Crippen LogP contribution in [0, 0.1) is 0 Å². The third-order valence-electron chi connectivity index (χ3n) is 4.04. The number of hydrogen-bond donors (Lipinski definition) is 0. The van der Waals surface area contributed by atoms with E-state index in [1.807, 2.05) is 38.2 Å². The average Bonchev–Trinajstić information content (AvgIpc) is 3.14. The number of hydrogen-bond acceptors (Lipinski definition) is 3. The second-order valence-corrected chi connectivity index (χ2v) is 14.7. The average molecular weight is 475 g/mol. The Morgan fingerprint density at radius 1 is 0.913 bits per heavy atom. The van der Waals surface area contributed by atoms with Crippen molar-refractivity contribution < 1.29 is 12.4 Å². The molecule has 2 heterocycles. The molecule has 0 amide bonds. The molecule has 2 aliphatic heterocycles. The van der Waals surface area contributed by atoms with Gasteiger partial charge in [0.2, 0.25) is 0 Å². The van der Waals surface area contributed by atoms with Crippen LogP contribution in [0.15, 0.2) is 24.3 Å². The summed E-state index contributed by atoms with van der Waals surface area (Å²) < 4.78 is 40.0. The van der Waals surface area contributed by atoms with Crippen molar-refractivity contribution in [2.24, 2.45) is 0 Å². The van der Waals surface area contributed by atoms with E-state index in [0.717, 1.165) is 54.4 Å². The monoisotopic (exact) mass is 474 g/mol. The fourth-order valence-electron chi connectivity index (χ4n) is 2.76. The zero-order valence-electron chi connectivity index (χ0n) is 14.2. The zero-order chi connectivity index (χ0) is 17.2. The molecule has 0 N–H and O–H groups in total. The standard InChI is InChI=1S/C8H15FS.C8H16OS.2O.Sb/c2*1-2-3-6-10(9)7-4-5-8-10;;;/h2-3H,4-8H2,1H3;2-3,9H,4-8H2,1H3;;;/q;;;;+1/p-1/b2*3-2+;;;. The van der Waals surface area contributed by atoms with Gasteiger partial charge < -0.3 is 0 Å². The summed E-state index contributed by atoms with van der Waals surface area (Å²) in [5.41, 5.74) is 0. The van der Waals surface area contributed by atoms with E-state index < -0.39 is 41.3 Å². The number of rotatable bonds is 6. The van der Waals surface area contributed by atoms with Gasteiger partial charge in [0.25, 0.3) is 0 Å². The van der Waals surface area contributed by atoms with Crippen LogP contribution in [0.2, 0.25) is 0 Å². The maximum atomic E-state index is 13.5. The first-order chi connectivity index (χ1) is 11.0. The Balaban J connectivity index is 0.000000238. The van der Waals surface area contributed by atoms with Crippen LogP contribution in [0.4, 0.5) is 3.89 Å². The molecule has 136 valence electrons. The summed E-state index contributed by atoms with van der Waals surface area (Å²) in [6.45, 7) is 3.91. The molecule has 0 bridgehead atoms. The van der Waals surface area contributed by atoms with E-state index in [1.54, 1.807) is 0 Å². The van der Waals surface area contributed by atoms with E-state index in [0.29, 0.717) is 5.75 Å². The maximum absolute atomic E-state index is 13.5. The Morgan fingerprint density at radius 3 is 1.87 bits per heavy atom. The van der Waals surface area contributed by atoms with E-state index in [2.05, 4.69) is 0 Å². The summed E-state index contributed by atoms with van der Waals surface area (Å²) in [6.07, 6.45) is 12.4. The molecule has 0 aliphatic carbocycles. The Hall–Kier alpha value is 0.488. The minimum absolute atomic E-state index is 0.712. The van der Waals surface area contributed by atoms with Crippen molar-refractivity contribution in [3.05, 3.63) is 24.3 Å². The Labute approximate surface area is 151 Å². The summed E-state index contributed by atoms with van der Waals surface area (Å²) in [5.74, 6) is 5.21. The molecule has 7 heteroatoms. The van der Waals surface area contributed by atoms with E-state index >= 15 is 0 Å². The molecule has 0 aromatic heterocycles. The molecule has 0 spiro atoms. The van der Waals surface area contributed by atoms with Crippen molar-refractivity contribution in [2.75, 3.05) is 34.5 Å². The van der Waals surface area contributed by atoms with Gasteiger partial charge in [-0.15, -0.1) is 0 Å².